The van der Waals surface area contributed by atoms with Gasteiger partial charge in [-0.15, -0.1) is 0 Å². The van der Waals surface area contributed by atoms with Gasteiger partial charge in [0, 0.05) is 5.69 Å². The largest absolute Gasteiger partial charge is 0.357 e. The van der Waals surface area contributed by atoms with E-state index >= 15 is 0 Å². The number of amides is 1. The Kier molecular flexibility index (Phi) is 4.64. The maximum Gasteiger partial charge on any atom is 0.271 e. The van der Waals surface area contributed by atoms with Gasteiger partial charge in [0.15, 0.2) is 0 Å². The van der Waals surface area contributed by atoms with Crippen LogP contribution < -0.4 is 5.32 Å². The van der Waals surface area contributed by atoms with Gasteiger partial charge in [0.25, 0.3) is 5.91 Å². The number of pyridine rings is 1. The van der Waals surface area contributed by atoms with Gasteiger partial charge >= 0.3 is 0 Å². The summed E-state index contributed by atoms with van der Waals surface area (Å²) in [6.45, 7) is 2.49. The van der Waals surface area contributed by atoms with Crippen LogP contribution >= 0.6 is 0 Å². The van der Waals surface area contributed by atoms with Gasteiger partial charge in [0.05, 0.1) is 6.61 Å². The van der Waals surface area contributed by atoms with E-state index in [1.54, 1.807) is 6.07 Å². The molecule has 0 fully saturated rings. The monoisotopic (exact) mass is 256 g/mol. The van der Waals surface area contributed by atoms with E-state index < -0.39 is 0 Å². The molecule has 0 aliphatic carbocycles. The van der Waals surface area contributed by atoms with Gasteiger partial charge in [0.1, 0.15) is 12.4 Å². The molecule has 0 aliphatic rings. The molecular formula is C15H16N2O2. The quantitative estimate of drug-likeness (QED) is 0.659. The first-order chi connectivity index (χ1) is 9.25. The first-order valence-corrected chi connectivity index (χ1v) is 6.09. The van der Waals surface area contributed by atoms with Crippen molar-refractivity contribution in [2.45, 2.75) is 13.5 Å². The Morgan fingerprint density at radius 3 is 2.68 bits per heavy atom. The third-order valence-corrected chi connectivity index (χ3v) is 2.57. The maximum absolute atomic E-state index is 11.8. The van der Waals surface area contributed by atoms with Crippen molar-refractivity contribution in [3.8, 4) is 0 Å². The molecule has 0 aliphatic heterocycles. The summed E-state index contributed by atoms with van der Waals surface area (Å²) < 4.78 is 5.38. The second kappa shape index (κ2) is 6.66. The third-order valence-electron chi connectivity index (χ3n) is 2.57. The van der Waals surface area contributed by atoms with Crippen molar-refractivity contribution in [1.29, 1.82) is 0 Å². The molecule has 0 atom stereocenters. The van der Waals surface area contributed by atoms with Crippen LogP contribution in [-0.4, -0.2) is 17.6 Å². The topological polar surface area (TPSA) is 51.2 Å². The highest BCUT2D eigenvalue weighted by Gasteiger charge is 2.05. The number of aryl methyl sites for hydroxylation is 1. The van der Waals surface area contributed by atoms with Crippen LogP contribution in [0, 0.1) is 6.92 Å². The molecule has 0 spiro atoms. The Balaban J connectivity index is 1.75. The summed E-state index contributed by atoms with van der Waals surface area (Å²) in [5.74, 6) is -0.225. The molecule has 0 unspecified atom stereocenters. The van der Waals surface area contributed by atoms with Crippen molar-refractivity contribution < 1.29 is 9.53 Å². The highest BCUT2D eigenvalue weighted by atomic mass is 16.5. The molecule has 2 aromatic rings. The number of hydrogen-bond acceptors (Lipinski definition) is 3. The number of nitrogens with one attached hydrogen (secondary N) is 1. The van der Waals surface area contributed by atoms with Gasteiger partial charge < -0.3 is 10.1 Å². The predicted molar refractivity (Wildman–Crippen MR) is 72.5 cm³/mol. The smallest absolute Gasteiger partial charge is 0.271 e. The second-order valence-electron chi connectivity index (χ2n) is 4.15. The van der Waals surface area contributed by atoms with Crippen molar-refractivity contribution in [2.24, 2.45) is 0 Å². The van der Waals surface area contributed by atoms with Crippen LogP contribution in [0.5, 0.6) is 0 Å². The summed E-state index contributed by atoms with van der Waals surface area (Å²) in [6, 6.07) is 15.1. The Morgan fingerprint density at radius 1 is 1.16 bits per heavy atom. The molecule has 1 N–H and O–H groups in total. The van der Waals surface area contributed by atoms with E-state index in [4.69, 9.17) is 4.74 Å². The summed E-state index contributed by atoms with van der Waals surface area (Å²) in [5, 5.41) is 2.67. The fraction of sp³-hybridized carbons (Fsp3) is 0.200. The molecule has 1 heterocycles. The lowest BCUT2D eigenvalue weighted by atomic mass is 10.2. The molecule has 98 valence electrons. The number of ether oxygens (including phenoxy) is 1. The standard InChI is InChI=1S/C15H16N2O2/c1-12-6-5-9-14(17-12)15(18)16-11-19-10-13-7-3-2-4-8-13/h2-9H,10-11H2,1H3,(H,16,18). The van der Waals surface area contributed by atoms with Gasteiger partial charge in [-0.25, -0.2) is 4.98 Å². The van der Waals surface area contributed by atoms with Crippen LogP contribution in [0.4, 0.5) is 0 Å². The Morgan fingerprint density at radius 2 is 1.95 bits per heavy atom. The number of carbonyl (C=O) groups excluding carboxylic acids is 1. The molecule has 0 radical (unpaired) electrons. The second-order valence-corrected chi connectivity index (χ2v) is 4.15. The molecular weight excluding hydrogens is 240 g/mol. The van der Waals surface area contributed by atoms with E-state index in [-0.39, 0.29) is 12.6 Å². The lowest BCUT2D eigenvalue weighted by Gasteiger charge is -2.06. The number of benzene rings is 1. The first-order valence-electron chi connectivity index (χ1n) is 6.09. The number of aromatic nitrogens is 1. The minimum atomic E-state index is -0.225. The van der Waals surface area contributed by atoms with Gasteiger partial charge in [-0.2, -0.15) is 0 Å². The zero-order valence-electron chi connectivity index (χ0n) is 10.8. The van der Waals surface area contributed by atoms with Crippen LogP contribution in [0.1, 0.15) is 21.7 Å². The first kappa shape index (κ1) is 13.2. The minimum absolute atomic E-state index is 0.170. The minimum Gasteiger partial charge on any atom is -0.357 e. The molecule has 4 nitrogen and oxygen atoms in total. The Bertz CT molecular complexity index is 541. The number of hydrogen-bond donors (Lipinski definition) is 1. The lowest BCUT2D eigenvalue weighted by molar-refractivity contribution is 0.0747. The van der Waals surface area contributed by atoms with E-state index in [9.17, 15) is 4.79 Å². The predicted octanol–water partition coefficient (Wildman–Crippen LogP) is 2.29. The summed E-state index contributed by atoms with van der Waals surface area (Å²) >= 11 is 0. The van der Waals surface area contributed by atoms with E-state index in [2.05, 4.69) is 10.3 Å². The molecule has 1 aromatic heterocycles. The van der Waals surface area contributed by atoms with Gasteiger partial charge in [-0.3, -0.25) is 4.79 Å². The highest BCUT2D eigenvalue weighted by molar-refractivity contribution is 5.92. The summed E-state index contributed by atoms with van der Waals surface area (Å²) in [7, 11) is 0. The summed E-state index contributed by atoms with van der Waals surface area (Å²) in [6.07, 6.45) is 0. The third kappa shape index (κ3) is 4.19. The average molecular weight is 256 g/mol. The highest BCUT2D eigenvalue weighted by Crippen LogP contribution is 2.00. The Labute approximate surface area is 112 Å². The molecule has 0 bridgehead atoms. The average Bonchev–Trinajstić information content (AvgIpc) is 2.44. The summed E-state index contributed by atoms with van der Waals surface area (Å²) in [5.41, 5.74) is 2.30. The maximum atomic E-state index is 11.8. The number of rotatable bonds is 5. The zero-order chi connectivity index (χ0) is 13.5. The van der Waals surface area contributed by atoms with Crippen LogP contribution in [-0.2, 0) is 11.3 Å². The molecule has 1 aromatic carbocycles. The van der Waals surface area contributed by atoms with Crippen molar-refractivity contribution >= 4 is 5.91 Å². The fourth-order valence-electron chi connectivity index (χ4n) is 1.62. The molecule has 0 saturated carbocycles. The van der Waals surface area contributed by atoms with Crippen molar-refractivity contribution in [3.63, 3.8) is 0 Å². The number of nitrogens with zero attached hydrogens (tertiary/aromatic N) is 1. The van der Waals surface area contributed by atoms with Crippen LogP contribution in [0.25, 0.3) is 0 Å². The normalized spacial score (nSPS) is 10.2. The summed E-state index contributed by atoms with van der Waals surface area (Å²) in [4.78, 5) is 15.9. The van der Waals surface area contributed by atoms with Crippen molar-refractivity contribution in [1.82, 2.24) is 10.3 Å². The molecule has 2 rings (SSSR count). The molecule has 1 amide bonds. The Hall–Kier alpha value is -2.20. The molecule has 4 heteroatoms. The van der Waals surface area contributed by atoms with E-state index in [1.165, 1.54) is 0 Å². The zero-order valence-corrected chi connectivity index (χ0v) is 10.8. The fourth-order valence-corrected chi connectivity index (χ4v) is 1.62. The van der Waals surface area contributed by atoms with E-state index in [1.807, 2.05) is 49.4 Å². The van der Waals surface area contributed by atoms with E-state index in [0.717, 1.165) is 11.3 Å². The molecule has 19 heavy (non-hydrogen) atoms. The van der Waals surface area contributed by atoms with Crippen molar-refractivity contribution in [3.05, 3.63) is 65.5 Å². The van der Waals surface area contributed by atoms with Crippen LogP contribution in [0.2, 0.25) is 0 Å². The number of carbonyl (C=O) groups is 1. The van der Waals surface area contributed by atoms with Gasteiger partial charge in [0.2, 0.25) is 0 Å². The lowest BCUT2D eigenvalue weighted by Crippen LogP contribution is -2.26. The van der Waals surface area contributed by atoms with Crippen molar-refractivity contribution in [2.75, 3.05) is 6.73 Å². The van der Waals surface area contributed by atoms with Gasteiger partial charge in [-0.05, 0) is 24.6 Å². The SMILES string of the molecule is Cc1cccc(C(=O)NCOCc2ccccc2)n1. The van der Waals surface area contributed by atoms with E-state index in [0.29, 0.717) is 12.3 Å². The van der Waals surface area contributed by atoms with Crippen LogP contribution in [0.15, 0.2) is 48.5 Å². The van der Waals surface area contributed by atoms with Crippen LogP contribution in [0.3, 0.4) is 0 Å². The van der Waals surface area contributed by atoms with Gasteiger partial charge in [-0.1, -0.05) is 36.4 Å². The molecule has 0 saturated heterocycles.